The van der Waals surface area contributed by atoms with E-state index < -0.39 is 0 Å². The van der Waals surface area contributed by atoms with Crippen molar-refractivity contribution in [2.75, 3.05) is 5.73 Å². The summed E-state index contributed by atoms with van der Waals surface area (Å²) in [5.74, 6) is 1.22. The van der Waals surface area contributed by atoms with Gasteiger partial charge in [0.1, 0.15) is 4.47 Å². The number of benzene rings is 1. The second-order valence-electron chi connectivity index (χ2n) is 3.79. The van der Waals surface area contributed by atoms with E-state index in [1.165, 1.54) is 11.1 Å². The Morgan fingerprint density at radius 3 is 2.50 bits per heavy atom. The second-order valence-corrected chi connectivity index (χ2v) is 4.58. The molecule has 1 heterocycles. The van der Waals surface area contributed by atoms with Gasteiger partial charge in [-0.15, -0.1) is 0 Å². The van der Waals surface area contributed by atoms with Crippen LogP contribution in [0.2, 0.25) is 0 Å². The SMILES string of the molecule is Cc1ccc(CCc2onc(N)c2Br)cc1. The Balaban J connectivity index is 2.02. The minimum absolute atomic E-state index is 0.416. The van der Waals surface area contributed by atoms with Crippen molar-refractivity contribution in [3.63, 3.8) is 0 Å². The summed E-state index contributed by atoms with van der Waals surface area (Å²) in [5, 5.41) is 3.70. The van der Waals surface area contributed by atoms with Crippen LogP contribution in [0, 0.1) is 6.92 Å². The molecular formula is C12H13BrN2O. The van der Waals surface area contributed by atoms with E-state index >= 15 is 0 Å². The van der Waals surface area contributed by atoms with Crippen LogP contribution in [-0.4, -0.2) is 5.16 Å². The van der Waals surface area contributed by atoms with Gasteiger partial charge in [-0.3, -0.25) is 0 Å². The van der Waals surface area contributed by atoms with Gasteiger partial charge >= 0.3 is 0 Å². The van der Waals surface area contributed by atoms with Crippen molar-refractivity contribution < 1.29 is 4.52 Å². The highest BCUT2D eigenvalue weighted by Crippen LogP contribution is 2.24. The number of nitrogens with zero attached hydrogens (tertiary/aromatic N) is 1. The fourth-order valence-electron chi connectivity index (χ4n) is 1.50. The second kappa shape index (κ2) is 4.70. The largest absolute Gasteiger partial charge is 0.380 e. The number of aryl methyl sites for hydroxylation is 3. The van der Waals surface area contributed by atoms with Crippen LogP contribution in [0.25, 0.3) is 0 Å². The summed E-state index contributed by atoms with van der Waals surface area (Å²) in [7, 11) is 0. The van der Waals surface area contributed by atoms with E-state index in [1.807, 2.05) is 0 Å². The van der Waals surface area contributed by atoms with Crippen molar-refractivity contribution in [2.45, 2.75) is 19.8 Å². The fraction of sp³-hybridized carbons (Fsp3) is 0.250. The van der Waals surface area contributed by atoms with Gasteiger partial charge in [0.25, 0.3) is 0 Å². The average molecular weight is 281 g/mol. The van der Waals surface area contributed by atoms with Crippen molar-refractivity contribution >= 4 is 21.7 Å². The normalized spacial score (nSPS) is 10.6. The van der Waals surface area contributed by atoms with E-state index in [1.54, 1.807) is 0 Å². The minimum Gasteiger partial charge on any atom is -0.380 e. The third kappa shape index (κ3) is 2.44. The zero-order valence-electron chi connectivity index (χ0n) is 9.03. The lowest BCUT2D eigenvalue weighted by molar-refractivity contribution is 0.385. The van der Waals surface area contributed by atoms with E-state index in [9.17, 15) is 0 Å². The number of nitrogens with two attached hydrogens (primary N) is 1. The molecule has 0 aliphatic rings. The first-order chi connectivity index (χ1) is 7.66. The first-order valence-corrected chi connectivity index (χ1v) is 5.91. The lowest BCUT2D eigenvalue weighted by Gasteiger charge is -2.00. The Bertz CT molecular complexity index is 476. The van der Waals surface area contributed by atoms with Gasteiger partial charge in [0, 0.05) is 6.42 Å². The molecular weight excluding hydrogens is 268 g/mol. The summed E-state index contributed by atoms with van der Waals surface area (Å²) < 4.78 is 5.90. The highest BCUT2D eigenvalue weighted by atomic mass is 79.9. The number of hydrogen-bond donors (Lipinski definition) is 1. The van der Waals surface area contributed by atoms with Crippen molar-refractivity contribution in [3.8, 4) is 0 Å². The smallest absolute Gasteiger partial charge is 0.181 e. The molecule has 0 aliphatic heterocycles. The Morgan fingerprint density at radius 1 is 1.25 bits per heavy atom. The molecule has 0 fully saturated rings. The molecule has 16 heavy (non-hydrogen) atoms. The van der Waals surface area contributed by atoms with E-state index in [-0.39, 0.29) is 0 Å². The van der Waals surface area contributed by atoms with Crippen molar-refractivity contribution in [1.29, 1.82) is 0 Å². The molecule has 0 unspecified atom stereocenters. The number of rotatable bonds is 3. The zero-order chi connectivity index (χ0) is 11.5. The van der Waals surface area contributed by atoms with Crippen LogP contribution in [0.4, 0.5) is 5.82 Å². The molecule has 0 saturated carbocycles. The quantitative estimate of drug-likeness (QED) is 0.940. The van der Waals surface area contributed by atoms with Gasteiger partial charge in [-0.2, -0.15) is 0 Å². The molecule has 84 valence electrons. The molecule has 2 rings (SSSR count). The third-order valence-electron chi connectivity index (χ3n) is 2.49. The number of anilines is 1. The number of aromatic nitrogens is 1. The Labute approximate surface area is 103 Å². The summed E-state index contributed by atoms with van der Waals surface area (Å²) in [6.45, 7) is 2.08. The van der Waals surface area contributed by atoms with E-state index in [4.69, 9.17) is 10.3 Å². The number of halogens is 1. The standard InChI is InChI=1S/C12H13BrN2O/c1-8-2-4-9(5-3-8)6-7-10-11(13)12(14)15-16-10/h2-5H,6-7H2,1H3,(H2,14,15). The monoisotopic (exact) mass is 280 g/mol. The van der Waals surface area contributed by atoms with Gasteiger partial charge in [0.15, 0.2) is 11.6 Å². The van der Waals surface area contributed by atoms with Crippen LogP contribution in [0.3, 0.4) is 0 Å². The average Bonchev–Trinajstić information content (AvgIpc) is 2.60. The van der Waals surface area contributed by atoms with Crippen LogP contribution in [0.5, 0.6) is 0 Å². The molecule has 3 nitrogen and oxygen atoms in total. The van der Waals surface area contributed by atoms with Crippen molar-refractivity contribution in [3.05, 3.63) is 45.6 Å². The van der Waals surface area contributed by atoms with Gasteiger partial charge in [0.05, 0.1) is 0 Å². The van der Waals surface area contributed by atoms with Gasteiger partial charge in [-0.1, -0.05) is 35.0 Å². The predicted octanol–water partition coefficient (Wildman–Crippen LogP) is 3.11. The van der Waals surface area contributed by atoms with Crippen LogP contribution in [0.15, 0.2) is 33.3 Å². The first-order valence-electron chi connectivity index (χ1n) is 5.12. The van der Waals surface area contributed by atoms with Crippen LogP contribution >= 0.6 is 15.9 Å². The minimum atomic E-state index is 0.416. The molecule has 0 atom stereocenters. The van der Waals surface area contributed by atoms with Crippen molar-refractivity contribution in [1.82, 2.24) is 5.16 Å². The lowest BCUT2D eigenvalue weighted by atomic mass is 10.1. The molecule has 0 bridgehead atoms. The van der Waals surface area contributed by atoms with Gasteiger partial charge in [0.2, 0.25) is 0 Å². The van der Waals surface area contributed by atoms with Crippen molar-refractivity contribution in [2.24, 2.45) is 0 Å². The summed E-state index contributed by atoms with van der Waals surface area (Å²) in [6.07, 6.45) is 1.72. The number of hydrogen-bond acceptors (Lipinski definition) is 3. The van der Waals surface area contributed by atoms with Gasteiger partial charge < -0.3 is 10.3 Å². The first kappa shape index (κ1) is 11.2. The lowest BCUT2D eigenvalue weighted by Crippen LogP contribution is -1.91. The maximum absolute atomic E-state index is 5.58. The van der Waals surface area contributed by atoms with Crippen LogP contribution in [-0.2, 0) is 12.8 Å². The van der Waals surface area contributed by atoms with Crippen LogP contribution in [0.1, 0.15) is 16.9 Å². The Kier molecular flexibility index (Phi) is 3.29. The molecule has 0 radical (unpaired) electrons. The fourth-order valence-corrected chi connectivity index (χ4v) is 1.84. The van der Waals surface area contributed by atoms with Gasteiger partial charge in [-0.05, 0) is 34.8 Å². The molecule has 0 amide bonds. The highest BCUT2D eigenvalue weighted by Gasteiger charge is 2.10. The topological polar surface area (TPSA) is 52.0 Å². The predicted molar refractivity (Wildman–Crippen MR) is 67.2 cm³/mol. The molecule has 0 spiro atoms. The molecule has 1 aromatic heterocycles. The summed E-state index contributed by atoms with van der Waals surface area (Å²) >= 11 is 3.35. The third-order valence-corrected chi connectivity index (χ3v) is 3.33. The molecule has 2 aromatic rings. The van der Waals surface area contributed by atoms with E-state index in [0.717, 1.165) is 23.1 Å². The molecule has 2 N–H and O–H groups in total. The molecule has 0 aliphatic carbocycles. The maximum atomic E-state index is 5.58. The van der Waals surface area contributed by atoms with E-state index in [0.29, 0.717) is 5.82 Å². The molecule has 1 aromatic carbocycles. The maximum Gasteiger partial charge on any atom is 0.181 e. The van der Waals surface area contributed by atoms with E-state index in [2.05, 4.69) is 52.3 Å². The summed E-state index contributed by atoms with van der Waals surface area (Å²) in [5.41, 5.74) is 8.13. The Hall–Kier alpha value is -1.29. The molecule has 4 heteroatoms. The summed E-state index contributed by atoms with van der Waals surface area (Å²) in [6, 6.07) is 8.48. The number of nitrogen functional groups attached to an aromatic ring is 1. The van der Waals surface area contributed by atoms with Gasteiger partial charge in [-0.25, -0.2) is 0 Å². The summed E-state index contributed by atoms with van der Waals surface area (Å²) in [4.78, 5) is 0. The highest BCUT2D eigenvalue weighted by molar-refractivity contribution is 9.10. The van der Waals surface area contributed by atoms with Crippen LogP contribution < -0.4 is 5.73 Å². The Morgan fingerprint density at radius 2 is 1.94 bits per heavy atom. The zero-order valence-corrected chi connectivity index (χ0v) is 10.6. The molecule has 0 saturated heterocycles.